The van der Waals surface area contributed by atoms with Crippen molar-refractivity contribution in [1.29, 1.82) is 0 Å². The first-order valence-corrected chi connectivity index (χ1v) is 5.48. The lowest BCUT2D eigenvalue weighted by Gasteiger charge is -2.06. The van der Waals surface area contributed by atoms with E-state index in [-0.39, 0.29) is 0 Å². The third-order valence-electron chi connectivity index (χ3n) is 1.97. The number of rotatable bonds is 4. The highest BCUT2D eigenvalue weighted by atomic mass is 79.9. The topological polar surface area (TPSA) is 27.1 Å². The van der Waals surface area contributed by atoms with Crippen molar-refractivity contribution >= 4 is 15.9 Å². The number of aromatic nitrogens is 2. The smallest absolute Gasteiger partial charge is 0.120 e. The van der Waals surface area contributed by atoms with E-state index >= 15 is 0 Å². The van der Waals surface area contributed by atoms with Crippen LogP contribution in [-0.4, -0.2) is 16.2 Å². The second kappa shape index (κ2) is 4.98. The molecule has 3 nitrogen and oxygen atoms in total. The Balaban J connectivity index is 1.83. The summed E-state index contributed by atoms with van der Waals surface area (Å²) in [5, 5.41) is 0. The lowest BCUT2D eigenvalue weighted by molar-refractivity contribution is 0.298. The Hall–Kier alpha value is -1.29. The summed E-state index contributed by atoms with van der Waals surface area (Å²) in [7, 11) is 0. The Morgan fingerprint density at radius 2 is 2.33 bits per heavy atom. The van der Waals surface area contributed by atoms with E-state index in [0.717, 1.165) is 16.8 Å². The molecule has 0 bridgehead atoms. The maximum atomic E-state index is 5.58. The van der Waals surface area contributed by atoms with Crippen molar-refractivity contribution in [1.82, 2.24) is 9.55 Å². The van der Waals surface area contributed by atoms with Crippen LogP contribution in [0.1, 0.15) is 0 Å². The summed E-state index contributed by atoms with van der Waals surface area (Å²) < 4.78 is 8.60. The monoisotopic (exact) mass is 266 g/mol. The molecule has 15 heavy (non-hydrogen) atoms. The number of halogens is 1. The fourth-order valence-corrected chi connectivity index (χ4v) is 1.62. The largest absolute Gasteiger partial charge is 0.492 e. The van der Waals surface area contributed by atoms with Crippen LogP contribution in [0, 0.1) is 0 Å². The van der Waals surface area contributed by atoms with Gasteiger partial charge in [0.25, 0.3) is 0 Å². The van der Waals surface area contributed by atoms with Gasteiger partial charge in [0.1, 0.15) is 12.4 Å². The van der Waals surface area contributed by atoms with Gasteiger partial charge < -0.3 is 9.30 Å². The first-order chi connectivity index (χ1) is 7.34. The molecule has 0 radical (unpaired) electrons. The molecular formula is C11H11BrN2O. The third-order valence-corrected chi connectivity index (χ3v) is 2.47. The lowest BCUT2D eigenvalue weighted by atomic mass is 10.3. The average Bonchev–Trinajstić information content (AvgIpc) is 2.71. The standard InChI is InChI=1S/C11H11BrN2O/c12-10-2-1-3-11(8-10)15-7-6-14-5-4-13-9-14/h1-5,8-9H,6-7H2. The van der Waals surface area contributed by atoms with Crippen LogP contribution in [0.5, 0.6) is 5.75 Å². The van der Waals surface area contributed by atoms with Crippen LogP contribution in [0.25, 0.3) is 0 Å². The normalized spacial score (nSPS) is 10.2. The molecule has 0 aliphatic heterocycles. The summed E-state index contributed by atoms with van der Waals surface area (Å²) in [6, 6.07) is 7.83. The van der Waals surface area contributed by atoms with Gasteiger partial charge >= 0.3 is 0 Å². The number of benzene rings is 1. The van der Waals surface area contributed by atoms with E-state index in [1.54, 1.807) is 12.5 Å². The highest BCUT2D eigenvalue weighted by Crippen LogP contribution is 2.17. The Labute approximate surface area is 96.8 Å². The van der Waals surface area contributed by atoms with E-state index < -0.39 is 0 Å². The molecule has 0 saturated carbocycles. The maximum absolute atomic E-state index is 5.58. The molecule has 0 atom stereocenters. The molecular weight excluding hydrogens is 256 g/mol. The molecule has 0 aliphatic rings. The number of ether oxygens (including phenoxy) is 1. The summed E-state index contributed by atoms with van der Waals surface area (Å²) in [6.07, 6.45) is 5.47. The number of imidazole rings is 1. The lowest BCUT2D eigenvalue weighted by Crippen LogP contribution is -2.06. The Morgan fingerprint density at radius 1 is 1.40 bits per heavy atom. The average molecular weight is 267 g/mol. The van der Waals surface area contributed by atoms with Gasteiger partial charge in [-0.1, -0.05) is 22.0 Å². The second-order valence-corrected chi connectivity index (χ2v) is 4.02. The van der Waals surface area contributed by atoms with Crippen LogP contribution in [0.15, 0.2) is 47.5 Å². The molecule has 0 unspecified atom stereocenters. The third kappa shape index (κ3) is 3.09. The van der Waals surface area contributed by atoms with Crippen LogP contribution in [0.3, 0.4) is 0 Å². The summed E-state index contributed by atoms with van der Waals surface area (Å²) in [6.45, 7) is 1.46. The van der Waals surface area contributed by atoms with Crippen molar-refractivity contribution in [2.45, 2.75) is 6.54 Å². The van der Waals surface area contributed by atoms with Crippen LogP contribution >= 0.6 is 15.9 Å². The van der Waals surface area contributed by atoms with Gasteiger partial charge in [-0.15, -0.1) is 0 Å². The van der Waals surface area contributed by atoms with Crippen LogP contribution in [0.2, 0.25) is 0 Å². The Bertz CT molecular complexity index is 414. The highest BCUT2D eigenvalue weighted by Gasteiger charge is 1.94. The van der Waals surface area contributed by atoms with E-state index in [9.17, 15) is 0 Å². The van der Waals surface area contributed by atoms with Crippen molar-refractivity contribution in [3.8, 4) is 5.75 Å². The van der Waals surface area contributed by atoms with Gasteiger partial charge in [0.15, 0.2) is 0 Å². The molecule has 0 spiro atoms. The van der Waals surface area contributed by atoms with Gasteiger partial charge in [-0.25, -0.2) is 4.98 Å². The van der Waals surface area contributed by atoms with Gasteiger partial charge in [-0.2, -0.15) is 0 Å². The molecule has 1 aromatic carbocycles. The summed E-state index contributed by atoms with van der Waals surface area (Å²) in [5.41, 5.74) is 0. The van der Waals surface area contributed by atoms with Crippen molar-refractivity contribution in [2.75, 3.05) is 6.61 Å². The molecule has 0 amide bonds. The molecule has 2 rings (SSSR count). The summed E-state index contributed by atoms with van der Waals surface area (Å²) in [5.74, 6) is 0.879. The number of nitrogens with zero attached hydrogens (tertiary/aromatic N) is 2. The predicted molar refractivity (Wildman–Crippen MR) is 61.9 cm³/mol. The minimum absolute atomic E-state index is 0.646. The zero-order chi connectivity index (χ0) is 10.5. The molecule has 0 saturated heterocycles. The highest BCUT2D eigenvalue weighted by molar-refractivity contribution is 9.10. The van der Waals surface area contributed by atoms with Gasteiger partial charge in [-0.05, 0) is 18.2 Å². The zero-order valence-electron chi connectivity index (χ0n) is 8.14. The van der Waals surface area contributed by atoms with E-state index in [1.807, 2.05) is 35.0 Å². The van der Waals surface area contributed by atoms with Crippen molar-refractivity contribution in [3.05, 3.63) is 47.5 Å². The van der Waals surface area contributed by atoms with Gasteiger partial charge in [0, 0.05) is 16.9 Å². The second-order valence-electron chi connectivity index (χ2n) is 3.11. The summed E-state index contributed by atoms with van der Waals surface area (Å²) >= 11 is 3.40. The Kier molecular flexibility index (Phi) is 3.40. The zero-order valence-corrected chi connectivity index (χ0v) is 9.72. The molecule has 1 aromatic heterocycles. The van der Waals surface area contributed by atoms with Crippen molar-refractivity contribution in [3.63, 3.8) is 0 Å². The molecule has 0 N–H and O–H groups in total. The van der Waals surface area contributed by atoms with E-state index in [0.29, 0.717) is 6.61 Å². The Morgan fingerprint density at radius 3 is 3.07 bits per heavy atom. The minimum atomic E-state index is 0.646. The fraction of sp³-hybridized carbons (Fsp3) is 0.182. The number of hydrogen-bond donors (Lipinski definition) is 0. The van der Waals surface area contributed by atoms with Crippen LogP contribution in [0.4, 0.5) is 0 Å². The molecule has 0 fully saturated rings. The minimum Gasteiger partial charge on any atom is -0.492 e. The quantitative estimate of drug-likeness (QED) is 0.851. The molecule has 78 valence electrons. The SMILES string of the molecule is Brc1cccc(OCCn2ccnc2)c1. The summed E-state index contributed by atoms with van der Waals surface area (Å²) in [4.78, 5) is 3.96. The van der Waals surface area contributed by atoms with E-state index in [4.69, 9.17) is 4.74 Å². The first kappa shape index (κ1) is 10.2. The van der Waals surface area contributed by atoms with E-state index in [1.165, 1.54) is 0 Å². The van der Waals surface area contributed by atoms with Crippen molar-refractivity contribution < 1.29 is 4.74 Å². The number of hydrogen-bond acceptors (Lipinski definition) is 2. The molecule has 1 heterocycles. The van der Waals surface area contributed by atoms with Gasteiger partial charge in [0.05, 0.1) is 12.9 Å². The van der Waals surface area contributed by atoms with Gasteiger partial charge in [0.2, 0.25) is 0 Å². The first-order valence-electron chi connectivity index (χ1n) is 4.69. The van der Waals surface area contributed by atoms with Crippen molar-refractivity contribution in [2.24, 2.45) is 0 Å². The molecule has 2 aromatic rings. The predicted octanol–water partition coefficient (Wildman–Crippen LogP) is 2.72. The fourth-order valence-electron chi connectivity index (χ4n) is 1.24. The maximum Gasteiger partial charge on any atom is 0.120 e. The molecule has 4 heteroatoms. The van der Waals surface area contributed by atoms with Crippen LogP contribution < -0.4 is 4.74 Å². The van der Waals surface area contributed by atoms with E-state index in [2.05, 4.69) is 20.9 Å². The molecule has 0 aliphatic carbocycles. The van der Waals surface area contributed by atoms with Gasteiger partial charge in [-0.3, -0.25) is 0 Å². The van der Waals surface area contributed by atoms with Crippen LogP contribution in [-0.2, 0) is 6.54 Å².